The van der Waals surface area contributed by atoms with Crippen LogP contribution in [0.2, 0.25) is 0 Å². The minimum atomic E-state index is 0.212. The molecule has 0 atom stereocenters. The monoisotopic (exact) mass is 214 g/mol. The van der Waals surface area contributed by atoms with Gasteiger partial charge in [0.15, 0.2) is 0 Å². The molecule has 0 aliphatic carbocycles. The van der Waals surface area contributed by atoms with Gasteiger partial charge >= 0.3 is 5.52 Å². The number of rotatable bonds is 0. The second kappa shape index (κ2) is 2.99. The van der Waals surface area contributed by atoms with E-state index in [9.17, 15) is 10.1 Å². The first-order chi connectivity index (χ1) is 7.79. The third-order valence-electron chi connectivity index (χ3n) is 2.45. The normalized spacial score (nSPS) is 11.0. The van der Waals surface area contributed by atoms with Gasteiger partial charge in [0.25, 0.3) is 5.52 Å². The van der Waals surface area contributed by atoms with Gasteiger partial charge in [0.2, 0.25) is 0 Å². The van der Waals surface area contributed by atoms with Crippen molar-refractivity contribution in [2.24, 2.45) is 0 Å². The standard InChI is InChI=1S/C10H6N4O2/c15-13-7-3-1-2-4-8(7)14(16)10-6-12-11-5-9(10)13/h1-6H. The summed E-state index contributed by atoms with van der Waals surface area (Å²) >= 11 is 0. The smallest absolute Gasteiger partial charge is 0.308 e. The molecular formula is C10H6N4O2. The molecule has 0 unspecified atom stereocenters. The van der Waals surface area contributed by atoms with Crippen molar-refractivity contribution >= 4 is 22.1 Å². The molecule has 0 aliphatic heterocycles. The summed E-state index contributed by atoms with van der Waals surface area (Å²) < 4.78 is 1.38. The van der Waals surface area contributed by atoms with Crippen LogP contribution in [0.3, 0.4) is 0 Å². The van der Waals surface area contributed by atoms with E-state index in [1.54, 1.807) is 24.3 Å². The summed E-state index contributed by atoms with van der Waals surface area (Å²) in [5.74, 6) is 0. The number of hydrogen-bond donors (Lipinski definition) is 0. The van der Waals surface area contributed by atoms with E-state index in [-0.39, 0.29) is 11.0 Å². The fraction of sp³-hybridized carbons (Fsp3) is 0. The van der Waals surface area contributed by atoms with Crippen LogP contribution in [0.4, 0.5) is 0 Å². The van der Waals surface area contributed by atoms with Gasteiger partial charge in [-0.15, -0.1) is 0 Å². The minimum absolute atomic E-state index is 0.212. The van der Waals surface area contributed by atoms with Gasteiger partial charge in [0.1, 0.15) is 17.2 Å². The average Bonchev–Trinajstić information content (AvgIpc) is 2.36. The maximum atomic E-state index is 11.9. The molecule has 3 rings (SSSR count). The maximum absolute atomic E-state index is 11.9. The summed E-state index contributed by atoms with van der Waals surface area (Å²) in [7, 11) is 0. The third kappa shape index (κ3) is 1.01. The second-order valence-electron chi connectivity index (χ2n) is 3.34. The largest absolute Gasteiger partial charge is 0.805 e. The lowest BCUT2D eigenvalue weighted by atomic mass is 10.3. The quantitative estimate of drug-likeness (QED) is 0.410. The van der Waals surface area contributed by atoms with Crippen LogP contribution in [0.25, 0.3) is 22.1 Å². The van der Waals surface area contributed by atoms with E-state index in [2.05, 4.69) is 10.2 Å². The molecule has 3 aromatic rings. The number of benzene rings is 1. The molecule has 0 aliphatic rings. The highest BCUT2D eigenvalue weighted by Gasteiger charge is 2.14. The van der Waals surface area contributed by atoms with Crippen LogP contribution in [0.15, 0.2) is 36.7 Å². The average molecular weight is 214 g/mol. The van der Waals surface area contributed by atoms with E-state index in [0.717, 1.165) is 0 Å². The topological polar surface area (TPSA) is 76.7 Å². The molecule has 0 spiro atoms. The Labute approximate surface area is 89.0 Å². The Hall–Kier alpha value is -2.50. The van der Waals surface area contributed by atoms with Crippen LogP contribution in [0.5, 0.6) is 0 Å². The van der Waals surface area contributed by atoms with Gasteiger partial charge in [-0.2, -0.15) is 10.2 Å². The lowest BCUT2D eigenvalue weighted by Crippen LogP contribution is -2.19. The van der Waals surface area contributed by atoms with Crippen molar-refractivity contribution in [2.45, 2.75) is 0 Å². The van der Waals surface area contributed by atoms with E-state index < -0.39 is 0 Å². The molecule has 0 saturated heterocycles. The van der Waals surface area contributed by atoms with Gasteiger partial charge in [0.05, 0.1) is 10.6 Å². The Morgan fingerprint density at radius 2 is 1.81 bits per heavy atom. The molecule has 0 amide bonds. The van der Waals surface area contributed by atoms with Gasteiger partial charge in [-0.25, -0.2) is 0 Å². The van der Waals surface area contributed by atoms with Crippen molar-refractivity contribution in [3.8, 4) is 0 Å². The molecular weight excluding hydrogens is 208 g/mol. The summed E-state index contributed by atoms with van der Waals surface area (Å²) in [4.78, 5) is 11.9. The number of para-hydroxylation sites is 2. The van der Waals surface area contributed by atoms with Crippen molar-refractivity contribution in [1.82, 2.24) is 14.9 Å². The Balaban J connectivity index is 2.73. The Kier molecular flexibility index (Phi) is 1.64. The van der Waals surface area contributed by atoms with Crippen LogP contribution in [-0.2, 0) is 0 Å². The molecule has 0 saturated carbocycles. The molecule has 78 valence electrons. The number of aromatic nitrogens is 4. The first kappa shape index (κ1) is 8.78. The van der Waals surface area contributed by atoms with E-state index in [4.69, 9.17) is 0 Å². The third-order valence-corrected chi connectivity index (χ3v) is 2.45. The molecule has 0 radical (unpaired) electrons. The predicted molar refractivity (Wildman–Crippen MR) is 57.2 cm³/mol. The maximum Gasteiger partial charge on any atom is 0.308 e. The lowest BCUT2D eigenvalue weighted by molar-refractivity contribution is -0.433. The van der Waals surface area contributed by atoms with Gasteiger partial charge < -0.3 is 9.94 Å². The van der Waals surface area contributed by atoms with Crippen LogP contribution in [-0.4, -0.2) is 14.9 Å². The highest BCUT2D eigenvalue weighted by atomic mass is 16.5. The van der Waals surface area contributed by atoms with Crippen LogP contribution < -0.4 is 4.43 Å². The van der Waals surface area contributed by atoms with Gasteiger partial charge in [0, 0.05) is 11.0 Å². The second-order valence-corrected chi connectivity index (χ2v) is 3.34. The van der Waals surface area contributed by atoms with Crippen molar-refractivity contribution < 1.29 is 4.43 Å². The molecule has 2 heterocycles. The SMILES string of the molecule is O=[n+]1c2ccccc2n([O-])c2cnncc21. The first-order valence-electron chi connectivity index (χ1n) is 4.63. The summed E-state index contributed by atoms with van der Waals surface area (Å²) in [6.07, 6.45) is 2.56. The number of fused-ring (bicyclic) bond motifs is 2. The molecule has 6 nitrogen and oxygen atoms in total. The first-order valence-corrected chi connectivity index (χ1v) is 4.63. The molecule has 2 aromatic heterocycles. The molecule has 1 aromatic carbocycles. The van der Waals surface area contributed by atoms with Gasteiger partial charge in [-0.3, -0.25) is 0 Å². The van der Waals surface area contributed by atoms with E-state index >= 15 is 0 Å². The zero-order valence-electron chi connectivity index (χ0n) is 8.07. The Bertz CT molecular complexity index is 690. The van der Waals surface area contributed by atoms with Crippen LogP contribution in [0, 0.1) is 10.1 Å². The number of hydrogen-bond acceptors (Lipinski definition) is 4. The fourth-order valence-corrected chi connectivity index (χ4v) is 1.69. The van der Waals surface area contributed by atoms with Crippen molar-refractivity contribution in [3.63, 3.8) is 0 Å². The van der Waals surface area contributed by atoms with Crippen molar-refractivity contribution in [3.05, 3.63) is 46.8 Å². The van der Waals surface area contributed by atoms with Crippen molar-refractivity contribution in [1.29, 1.82) is 0 Å². The van der Waals surface area contributed by atoms with E-state index in [1.165, 1.54) is 12.4 Å². The van der Waals surface area contributed by atoms with E-state index in [1.807, 2.05) is 0 Å². The van der Waals surface area contributed by atoms with Crippen LogP contribution in [0.1, 0.15) is 0 Å². The molecule has 16 heavy (non-hydrogen) atoms. The van der Waals surface area contributed by atoms with Crippen LogP contribution >= 0.6 is 0 Å². The van der Waals surface area contributed by atoms with Gasteiger partial charge in [-0.1, -0.05) is 12.1 Å². The zero-order valence-corrected chi connectivity index (χ0v) is 8.07. The molecule has 6 heteroatoms. The summed E-state index contributed by atoms with van der Waals surface area (Å²) in [5.41, 5.74) is 1.06. The molecule has 0 N–H and O–H groups in total. The van der Waals surface area contributed by atoms with E-state index in [0.29, 0.717) is 20.2 Å². The highest BCUT2D eigenvalue weighted by molar-refractivity contribution is 5.82. The molecule has 0 bridgehead atoms. The summed E-state index contributed by atoms with van der Waals surface area (Å²) in [6, 6.07) is 6.60. The molecule has 0 fully saturated rings. The van der Waals surface area contributed by atoms with Crippen molar-refractivity contribution in [2.75, 3.05) is 0 Å². The summed E-state index contributed by atoms with van der Waals surface area (Å²) in [5, 5.41) is 19.1. The Morgan fingerprint density at radius 1 is 1.06 bits per heavy atom. The predicted octanol–water partition coefficient (Wildman–Crippen LogP) is 0.845. The summed E-state index contributed by atoms with van der Waals surface area (Å²) in [6.45, 7) is 0. The van der Waals surface area contributed by atoms with Gasteiger partial charge in [-0.05, 0) is 6.07 Å². The number of nitrogens with zero attached hydrogens (tertiary/aromatic N) is 4. The minimum Gasteiger partial charge on any atom is -0.805 e. The lowest BCUT2D eigenvalue weighted by Gasteiger charge is -2.12. The zero-order chi connectivity index (χ0) is 11.1. The Morgan fingerprint density at radius 3 is 2.69 bits per heavy atom. The highest BCUT2D eigenvalue weighted by Crippen LogP contribution is 2.14. The fourth-order valence-electron chi connectivity index (χ4n) is 1.69.